The summed E-state index contributed by atoms with van der Waals surface area (Å²) in [5.41, 5.74) is 3.70. The Morgan fingerprint density at radius 2 is 1.86 bits per heavy atom. The molecule has 6 heterocycles. The van der Waals surface area contributed by atoms with Gasteiger partial charge in [0.15, 0.2) is 11.6 Å². The van der Waals surface area contributed by atoms with Gasteiger partial charge in [0, 0.05) is 73.1 Å². The highest BCUT2D eigenvalue weighted by atomic mass is 32.1. The van der Waals surface area contributed by atoms with Crippen molar-refractivity contribution in [2.45, 2.75) is 50.9 Å². The molecule has 0 bridgehead atoms. The number of aromatic amines is 1. The summed E-state index contributed by atoms with van der Waals surface area (Å²) in [6.45, 7) is 8.86. The fraction of sp³-hybridized carbons (Fsp3) is 0.571. The molecule has 1 unspecified atom stereocenters. The van der Waals surface area contributed by atoms with E-state index in [0.29, 0.717) is 25.5 Å². The highest BCUT2D eigenvalue weighted by molar-refractivity contribution is 7.19. The SMILES string of the molecule is FC1C=C(c2nc(N3CCOCC3)c3sc(CN4CCC(N5CCCC5)CC4)cc3n2)c2cc[nH]c2C1. The Balaban J connectivity index is 1.19. The number of halogens is 1. The lowest BCUT2D eigenvalue weighted by atomic mass is 9.95. The minimum absolute atomic E-state index is 0.376. The van der Waals surface area contributed by atoms with Crippen LogP contribution in [0, 0.1) is 0 Å². The van der Waals surface area contributed by atoms with Crippen LogP contribution in [0.4, 0.5) is 10.2 Å². The molecule has 1 atom stereocenters. The average molecular weight is 523 g/mol. The number of nitrogens with one attached hydrogen (secondary N) is 1. The number of hydrogen-bond donors (Lipinski definition) is 1. The molecule has 196 valence electrons. The second kappa shape index (κ2) is 10.1. The Morgan fingerprint density at radius 3 is 2.68 bits per heavy atom. The van der Waals surface area contributed by atoms with Gasteiger partial charge < -0.3 is 19.5 Å². The molecule has 0 aromatic carbocycles. The van der Waals surface area contributed by atoms with Gasteiger partial charge in [-0.25, -0.2) is 14.4 Å². The molecule has 1 aliphatic carbocycles. The highest BCUT2D eigenvalue weighted by Crippen LogP contribution is 2.37. The van der Waals surface area contributed by atoms with E-state index < -0.39 is 6.17 Å². The molecule has 7 rings (SSSR count). The van der Waals surface area contributed by atoms with Crippen molar-refractivity contribution in [2.75, 3.05) is 57.4 Å². The van der Waals surface area contributed by atoms with Crippen LogP contribution in [-0.2, 0) is 17.7 Å². The Kier molecular flexibility index (Phi) is 6.48. The zero-order chi connectivity index (χ0) is 24.8. The number of piperidine rings is 1. The van der Waals surface area contributed by atoms with Crippen LogP contribution in [0.25, 0.3) is 15.8 Å². The summed E-state index contributed by atoms with van der Waals surface area (Å²) in [6.07, 6.45) is 8.19. The molecule has 4 aliphatic rings. The summed E-state index contributed by atoms with van der Waals surface area (Å²) in [4.78, 5) is 22.2. The second-order valence-electron chi connectivity index (χ2n) is 10.8. The molecule has 37 heavy (non-hydrogen) atoms. The molecule has 3 saturated heterocycles. The van der Waals surface area contributed by atoms with Gasteiger partial charge in [-0.15, -0.1) is 11.3 Å². The first kappa shape index (κ1) is 23.8. The van der Waals surface area contributed by atoms with Gasteiger partial charge >= 0.3 is 0 Å². The summed E-state index contributed by atoms with van der Waals surface area (Å²) >= 11 is 1.82. The van der Waals surface area contributed by atoms with Crippen molar-refractivity contribution in [3.63, 3.8) is 0 Å². The molecule has 3 aliphatic heterocycles. The minimum Gasteiger partial charge on any atom is -0.378 e. The molecule has 7 nitrogen and oxygen atoms in total. The normalized spacial score (nSPS) is 24.1. The van der Waals surface area contributed by atoms with Crippen LogP contribution in [0.1, 0.15) is 47.6 Å². The highest BCUT2D eigenvalue weighted by Gasteiger charge is 2.28. The third-order valence-electron chi connectivity index (χ3n) is 8.42. The standard InChI is InChI=1S/C28H35FN6OS/c29-19-15-23(22-3-6-30-24(22)16-19)27-31-25-17-21(37-26(25)28(32-27)35-11-13-36-14-12-35)18-33-9-4-20(5-10-33)34-7-1-2-8-34/h3,6,15,17,19-20,30H,1-2,4-5,7-14,16,18H2. The number of ether oxygens (including phenoxy) is 1. The number of anilines is 1. The zero-order valence-corrected chi connectivity index (χ0v) is 22.1. The van der Waals surface area contributed by atoms with Crippen LogP contribution in [0.15, 0.2) is 24.4 Å². The lowest BCUT2D eigenvalue weighted by molar-refractivity contribution is 0.122. The van der Waals surface area contributed by atoms with E-state index >= 15 is 0 Å². The average Bonchev–Trinajstić information content (AvgIpc) is 3.69. The monoisotopic (exact) mass is 522 g/mol. The number of alkyl halides is 1. The summed E-state index contributed by atoms with van der Waals surface area (Å²) in [7, 11) is 0. The number of likely N-dealkylation sites (tertiary alicyclic amines) is 2. The van der Waals surface area contributed by atoms with Gasteiger partial charge in [0.25, 0.3) is 0 Å². The molecule has 0 spiro atoms. The molecule has 9 heteroatoms. The van der Waals surface area contributed by atoms with Gasteiger partial charge in [-0.05, 0) is 57.0 Å². The van der Waals surface area contributed by atoms with E-state index in [1.807, 2.05) is 23.6 Å². The maximum Gasteiger partial charge on any atom is 0.162 e. The van der Waals surface area contributed by atoms with E-state index in [0.717, 1.165) is 71.6 Å². The first-order chi connectivity index (χ1) is 18.2. The van der Waals surface area contributed by atoms with Crippen molar-refractivity contribution >= 4 is 32.9 Å². The largest absolute Gasteiger partial charge is 0.378 e. The van der Waals surface area contributed by atoms with Crippen LogP contribution in [0.3, 0.4) is 0 Å². The molecule has 1 N–H and O–H groups in total. The molecule has 0 saturated carbocycles. The fourth-order valence-corrected chi connectivity index (χ4v) is 7.62. The van der Waals surface area contributed by atoms with Crippen molar-refractivity contribution < 1.29 is 9.13 Å². The minimum atomic E-state index is -1.03. The van der Waals surface area contributed by atoms with Gasteiger partial charge in [-0.1, -0.05) is 0 Å². The fourth-order valence-electron chi connectivity index (χ4n) is 6.47. The molecule has 0 amide bonds. The number of thiophene rings is 1. The zero-order valence-electron chi connectivity index (χ0n) is 21.3. The number of morpholine rings is 1. The predicted molar refractivity (Wildman–Crippen MR) is 146 cm³/mol. The summed E-state index contributed by atoms with van der Waals surface area (Å²) in [5.74, 6) is 1.58. The van der Waals surface area contributed by atoms with E-state index in [-0.39, 0.29) is 0 Å². The summed E-state index contributed by atoms with van der Waals surface area (Å²) < 4.78 is 21.4. The molecular formula is C28H35FN6OS. The smallest absolute Gasteiger partial charge is 0.162 e. The number of H-pyrrole nitrogens is 1. The van der Waals surface area contributed by atoms with Crippen molar-refractivity contribution in [3.8, 4) is 0 Å². The topological polar surface area (TPSA) is 60.5 Å². The quantitative estimate of drug-likeness (QED) is 0.541. The Hall–Kier alpha value is -2.33. The number of allylic oxidation sites excluding steroid dienone is 1. The molecule has 0 radical (unpaired) electrons. The van der Waals surface area contributed by atoms with Gasteiger partial charge in [0.05, 0.1) is 23.4 Å². The number of aromatic nitrogens is 3. The van der Waals surface area contributed by atoms with Crippen LogP contribution in [0.5, 0.6) is 0 Å². The molecule has 3 fully saturated rings. The summed E-state index contributed by atoms with van der Waals surface area (Å²) in [5, 5.41) is 0. The van der Waals surface area contributed by atoms with Crippen molar-refractivity contribution in [3.05, 3.63) is 46.4 Å². The van der Waals surface area contributed by atoms with E-state index in [9.17, 15) is 4.39 Å². The third-order valence-corrected chi connectivity index (χ3v) is 9.52. The Bertz CT molecular complexity index is 1280. The number of rotatable bonds is 5. The maximum absolute atomic E-state index is 14.7. The maximum atomic E-state index is 14.7. The third kappa shape index (κ3) is 4.71. The van der Waals surface area contributed by atoms with Crippen LogP contribution in [-0.4, -0.2) is 89.4 Å². The van der Waals surface area contributed by atoms with Gasteiger partial charge in [0.2, 0.25) is 0 Å². The van der Waals surface area contributed by atoms with Crippen LogP contribution in [0.2, 0.25) is 0 Å². The van der Waals surface area contributed by atoms with E-state index in [4.69, 9.17) is 14.7 Å². The van der Waals surface area contributed by atoms with Crippen molar-refractivity contribution in [1.29, 1.82) is 0 Å². The first-order valence-electron chi connectivity index (χ1n) is 13.8. The van der Waals surface area contributed by atoms with Gasteiger partial charge in [-0.2, -0.15) is 0 Å². The van der Waals surface area contributed by atoms with E-state index in [1.165, 1.54) is 43.6 Å². The van der Waals surface area contributed by atoms with Crippen molar-refractivity contribution in [1.82, 2.24) is 24.8 Å². The Morgan fingerprint density at radius 1 is 1.05 bits per heavy atom. The van der Waals surface area contributed by atoms with Crippen molar-refractivity contribution in [2.24, 2.45) is 0 Å². The van der Waals surface area contributed by atoms with Crippen LogP contribution >= 0.6 is 11.3 Å². The first-order valence-corrected chi connectivity index (χ1v) is 14.7. The lowest BCUT2D eigenvalue weighted by Crippen LogP contribution is -2.43. The number of fused-ring (bicyclic) bond motifs is 2. The second-order valence-corrected chi connectivity index (χ2v) is 12.0. The van der Waals surface area contributed by atoms with Crippen LogP contribution < -0.4 is 4.90 Å². The van der Waals surface area contributed by atoms with Gasteiger partial charge in [-0.3, -0.25) is 4.90 Å². The lowest BCUT2D eigenvalue weighted by Gasteiger charge is -2.36. The molecule has 3 aromatic heterocycles. The molecule has 3 aromatic rings. The Labute approximate surface area is 221 Å². The number of hydrogen-bond acceptors (Lipinski definition) is 7. The van der Waals surface area contributed by atoms with Gasteiger partial charge in [0.1, 0.15) is 6.17 Å². The van der Waals surface area contributed by atoms with E-state index in [2.05, 4.69) is 25.8 Å². The predicted octanol–water partition coefficient (Wildman–Crippen LogP) is 4.24. The van der Waals surface area contributed by atoms with E-state index in [1.54, 1.807) is 6.08 Å². The number of nitrogens with zero attached hydrogens (tertiary/aromatic N) is 5. The summed E-state index contributed by atoms with van der Waals surface area (Å²) in [6, 6.07) is 5.03. The molecular weight excluding hydrogens is 487 g/mol.